The van der Waals surface area contributed by atoms with E-state index in [0.717, 1.165) is 17.0 Å². The van der Waals surface area contributed by atoms with Crippen molar-refractivity contribution >= 4 is 11.6 Å². The molecule has 1 rings (SSSR count). The van der Waals surface area contributed by atoms with Gasteiger partial charge in [0.2, 0.25) is 0 Å². The molecular formula is C10H15ClN2. The van der Waals surface area contributed by atoms with Gasteiger partial charge >= 0.3 is 0 Å². The Labute approximate surface area is 83.9 Å². The van der Waals surface area contributed by atoms with E-state index in [4.69, 9.17) is 23.1 Å². The van der Waals surface area contributed by atoms with Crippen molar-refractivity contribution in [3.8, 4) is 0 Å². The first-order valence-corrected chi connectivity index (χ1v) is 4.80. The molecule has 2 nitrogen and oxygen atoms in total. The van der Waals surface area contributed by atoms with E-state index in [0.29, 0.717) is 6.54 Å². The van der Waals surface area contributed by atoms with E-state index in [2.05, 4.69) is 6.92 Å². The number of hydrogen-bond acceptors (Lipinski definition) is 2. The zero-order valence-electron chi connectivity index (χ0n) is 7.76. The largest absolute Gasteiger partial charge is 0.329 e. The first kappa shape index (κ1) is 10.5. The number of nitrogens with two attached hydrogens (primary N) is 2. The summed E-state index contributed by atoms with van der Waals surface area (Å²) in [6.07, 6.45) is 0.934. The number of aryl methyl sites for hydroxylation is 1. The van der Waals surface area contributed by atoms with E-state index in [1.165, 1.54) is 5.56 Å². The van der Waals surface area contributed by atoms with Crippen LogP contribution in [0.3, 0.4) is 0 Å². The first-order chi connectivity index (χ1) is 6.19. The minimum absolute atomic E-state index is 0.0767. The third kappa shape index (κ3) is 2.44. The molecule has 0 aromatic heterocycles. The fourth-order valence-electron chi connectivity index (χ4n) is 1.37. The van der Waals surface area contributed by atoms with Crippen LogP contribution in [0.5, 0.6) is 0 Å². The molecule has 13 heavy (non-hydrogen) atoms. The second-order valence-corrected chi connectivity index (χ2v) is 3.48. The van der Waals surface area contributed by atoms with Gasteiger partial charge in [0.15, 0.2) is 0 Å². The summed E-state index contributed by atoms with van der Waals surface area (Å²) in [4.78, 5) is 0. The summed E-state index contributed by atoms with van der Waals surface area (Å²) >= 11 is 5.87. The lowest BCUT2D eigenvalue weighted by Gasteiger charge is -2.13. The molecule has 0 aliphatic carbocycles. The summed E-state index contributed by atoms with van der Waals surface area (Å²) in [5.41, 5.74) is 13.7. The van der Waals surface area contributed by atoms with Crippen molar-refractivity contribution in [3.63, 3.8) is 0 Å². The Kier molecular flexibility index (Phi) is 3.72. The summed E-state index contributed by atoms with van der Waals surface area (Å²) < 4.78 is 0. The smallest absolute Gasteiger partial charge is 0.0422 e. The minimum Gasteiger partial charge on any atom is -0.329 e. The van der Waals surface area contributed by atoms with Crippen LogP contribution in [0.1, 0.15) is 24.1 Å². The van der Waals surface area contributed by atoms with Gasteiger partial charge in [0.1, 0.15) is 0 Å². The molecule has 0 radical (unpaired) electrons. The molecule has 0 bridgehead atoms. The van der Waals surface area contributed by atoms with Gasteiger partial charge in [-0.3, -0.25) is 0 Å². The Balaban J connectivity index is 3.05. The van der Waals surface area contributed by atoms with Crippen LogP contribution in [0.4, 0.5) is 0 Å². The van der Waals surface area contributed by atoms with Gasteiger partial charge in [0.25, 0.3) is 0 Å². The van der Waals surface area contributed by atoms with E-state index in [1.54, 1.807) is 0 Å². The van der Waals surface area contributed by atoms with Crippen LogP contribution in [0.25, 0.3) is 0 Å². The molecule has 1 aromatic rings. The molecule has 0 amide bonds. The van der Waals surface area contributed by atoms with Gasteiger partial charge in [0, 0.05) is 17.6 Å². The second-order valence-electron chi connectivity index (χ2n) is 3.04. The molecule has 0 saturated carbocycles. The molecule has 1 atom stereocenters. The lowest BCUT2D eigenvalue weighted by atomic mass is 9.99. The standard InChI is InChI=1S/C10H15ClN2/c1-2-7-5-8(11)3-4-9(7)10(13)6-12/h3-5,10H,2,6,12-13H2,1H3/t10-/m0/s1. The average molecular weight is 199 g/mol. The maximum atomic E-state index is 5.87. The first-order valence-electron chi connectivity index (χ1n) is 4.43. The summed E-state index contributed by atoms with van der Waals surface area (Å²) in [6, 6.07) is 5.68. The molecule has 3 heteroatoms. The fourth-order valence-corrected chi connectivity index (χ4v) is 1.56. The molecule has 0 saturated heterocycles. The van der Waals surface area contributed by atoms with Crippen LogP contribution in [-0.4, -0.2) is 6.54 Å². The van der Waals surface area contributed by atoms with Gasteiger partial charge < -0.3 is 11.5 Å². The molecule has 72 valence electrons. The van der Waals surface area contributed by atoms with Crippen LogP contribution >= 0.6 is 11.6 Å². The molecule has 0 unspecified atom stereocenters. The van der Waals surface area contributed by atoms with E-state index in [-0.39, 0.29) is 6.04 Å². The third-order valence-electron chi connectivity index (χ3n) is 2.14. The van der Waals surface area contributed by atoms with Crippen LogP contribution in [0, 0.1) is 0 Å². The SMILES string of the molecule is CCc1cc(Cl)ccc1[C@@H](N)CN. The predicted octanol–water partition coefficient (Wildman–Crippen LogP) is 1.86. The molecule has 0 fully saturated rings. The number of benzene rings is 1. The van der Waals surface area contributed by atoms with Gasteiger partial charge in [-0.1, -0.05) is 24.6 Å². The van der Waals surface area contributed by atoms with Crippen LogP contribution < -0.4 is 11.5 Å². The van der Waals surface area contributed by atoms with Gasteiger partial charge in [-0.05, 0) is 29.7 Å². The van der Waals surface area contributed by atoms with E-state index < -0.39 is 0 Å². The van der Waals surface area contributed by atoms with Crippen molar-refractivity contribution in [2.75, 3.05) is 6.54 Å². The summed E-state index contributed by atoms with van der Waals surface area (Å²) in [5.74, 6) is 0. The highest BCUT2D eigenvalue weighted by atomic mass is 35.5. The van der Waals surface area contributed by atoms with Crippen molar-refractivity contribution in [2.45, 2.75) is 19.4 Å². The molecule has 0 aliphatic rings. The van der Waals surface area contributed by atoms with Crippen molar-refractivity contribution in [2.24, 2.45) is 11.5 Å². The molecule has 4 N–H and O–H groups in total. The lowest BCUT2D eigenvalue weighted by molar-refractivity contribution is 0.727. The Morgan fingerprint density at radius 1 is 1.46 bits per heavy atom. The van der Waals surface area contributed by atoms with Crippen LogP contribution in [0.15, 0.2) is 18.2 Å². The highest BCUT2D eigenvalue weighted by molar-refractivity contribution is 6.30. The van der Waals surface area contributed by atoms with Gasteiger partial charge in [-0.25, -0.2) is 0 Å². The Morgan fingerprint density at radius 3 is 2.69 bits per heavy atom. The lowest BCUT2D eigenvalue weighted by Crippen LogP contribution is -2.21. The topological polar surface area (TPSA) is 52.0 Å². The van der Waals surface area contributed by atoms with Crippen molar-refractivity contribution in [1.29, 1.82) is 0 Å². The van der Waals surface area contributed by atoms with Gasteiger partial charge in [-0.2, -0.15) is 0 Å². The normalized spacial score (nSPS) is 12.9. The third-order valence-corrected chi connectivity index (χ3v) is 2.37. The van der Waals surface area contributed by atoms with E-state index in [9.17, 15) is 0 Å². The van der Waals surface area contributed by atoms with Crippen LogP contribution in [0.2, 0.25) is 5.02 Å². The van der Waals surface area contributed by atoms with Crippen LogP contribution in [-0.2, 0) is 6.42 Å². The van der Waals surface area contributed by atoms with Crippen molar-refractivity contribution in [3.05, 3.63) is 34.3 Å². The maximum absolute atomic E-state index is 5.87. The van der Waals surface area contributed by atoms with E-state index >= 15 is 0 Å². The predicted molar refractivity (Wildman–Crippen MR) is 56.8 cm³/mol. The highest BCUT2D eigenvalue weighted by Gasteiger charge is 2.08. The molecule has 0 heterocycles. The monoisotopic (exact) mass is 198 g/mol. The number of halogens is 1. The second kappa shape index (κ2) is 4.61. The number of hydrogen-bond donors (Lipinski definition) is 2. The van der Waals surface area contributed by atoms with Gasteiger partial charge in [-0.15, -0.1) is 0 Å². The Morgan fingerprint density at radius 2 is 2.15 bits per heavy atom. The fraction of sp³-hybridized carbons (Fsp3) is 0.400. The Bertz CT molecular complexity index is 286. The summed E-state index contributed by atoms with van der Waals surface area (Å²) in [6.45, 7) is 2.55. The van der Waals surface area contributed by atoms with Crippen molar-refractivity contribution < 1.29 is 0 Å². The zero-order valence-corrected chi connectivity index (χ0v) is 8.51. The number of rotatable bonds is 3. The Hall–Kier alpha value is -0.570. The minimum atomic E-state index is -0.0767. The molecule has 0 aliphatic heterocycles. The zero-order chi connectivity index (χ0) is 9.84. The molecule has 1 aromatic carbocycles. The molecule has 0 spiro atoms. The van der Waals surface area contributed by atoms with E-state index in [1.807, 2.05) is 18.2 Å². The summed E-state index contributed by atoms with van der Waals surface area (Å²) in [5, 5.41) is 0.754. The molecular weight excluding hydrogens is 184 g/mol. The summed E-state index contributed by atoms with van der Waals surface area (Å²) in [7, 11) is 0. The van der Waals surface area contributed by atoms with Crippen molar-refractivity contribution in [1.82, 2.24) is 0 Å². The maximum Gasteiger partial charge on any atom is 0.0422 e. The van der Waals surface area contributed by atoms with Gasteiger partial charge in [0.05, 0.1) is 0 Å². The quantitative estimate of drug-likeness (QED) is 0.779. The highest BCUT2D eigenvalue weighted by Crippen LogP contribution is 2.20. The average Bonchev–Trinajstić information content (AvgIpc) is 2.16.